The van der Waals surface area contributed by atoms with Crippen LogP contribution in [0.2, 0.25) is 0 Å². The molecule has 840 valence electrons. The molecular formula is C70H135Na5O70. The Morgan fingerprint density at radius 2 is 0.0828 bits per heavy atom. The van der Waals surface area contributed by atoms with Crippen molar-refractivity contribution in [3.05, 3.63) is 0 Å². The number of hydrogen-bond donors (Lipinski definition) is 30. The van der Waals surface area contributed by atoms with E-state index in [0.29, 0.717) is 0 Å². The minimum atomic E-state index is -1.08. The molecule has 0 aromatic heterocycles. The summed E-state index contributed by atoms with van der Waals surface area (Å²) in [5.41, 5.74) is 0. The van der Waals surface area contributed by atoms with Crippen LogP contribution in [0, 0.1) is 0 Å². The fraction of sp³-hybridized carbons (Fsp3) is 0.500. The van der Waals surface area contributed by atoms with Crippen LogP contribution in [0.5, 0.6) is 0 Å². The quantitative estimate of drug-likeness (QED) is 0.100. The van der Waals surface area contributed by atoms with Crippen LogP contribution in [0.1, 0.15) is 242 Å². The van der Waals surface area contributed by atoms with Gasteiger partial charge in [0.15, 0.2) is 0 Å². The smallest absolute Gasteiger partial charge is 0.550 e. The zero-order valence-corrected chi connectivity index (χ0v) is 97.2. The van der Waals surface area contributed by atoms with Gasteiger partial charge in [-0.3, -0.25) is 144 Å². The number of carboxylic acid groups (broad SMARTS) is 35. The van der Waals surface area contributed by atoms with Gasteiger partial charge in [0.2, 0.25) is 0 Å². The normalized spacial score (nSPS) is 6.03. The van der Waals surface area contributed by atoms with Crippen molar-refractivity contribution in [3.63, 3.8) is 0 Å². The first-order chi connectivity index (χ1) is 60.6. The van der Waals surface area contributed by atoms with Crippen LogP contribution < -0.4 is 173 Å². The molecule has 0 fully saturated rings. The molecular weight excluding hydrogens is 2080 g/mol. The first-order valence-corrected chi connectivity index (χ1v) is 32.4. The van der Waals surface area contributed by atoms with Gasteiger partial charge in [0, 0.05) is 238 Å². The van der Waals surface area contributed by atoms with Gasteiger partial charge in [-0.05, 0) is 34.6 Å². The molecule has 0 unspecified atom stereocenters. The van der Waals surface area contributed by atoms with Crippen LogP contribution in [0.3, 0.4) is 0 Å². The second-order valence-corrected chi connectivity index (χ2v) is 18.0. The van der Waals surface area contributed by atoms with E-state index >= 15 is 0 Å². The number of aliphatic carboxylic acids is 35. The molecule has 0 aliphatic rings. The average molecular weight is 2210 g/mol. The molecule has 30 N–H and O–H groups in total. The monoisotopic (exact) mass is 2210 g/mol. The van der Waals surface area contributed by atoms with Crippen LogP contribution in [0.4, 0.5) is 0 Å². The van der Waals surface area contributed by atoms with E-state index in [2.05, 4.69) is 0 Å². The SMILES string of the molecule is CC(=O)O.CC(=O)O.CC(=O)O.CC(=O)O.CC(=O)O.CC(=O)O.CC(=O)O.CC(=O)O.CC(=O)O.CC(=O)O.CC(=O)O.CC(=O)O.CC(=O)O.CC(=O)O.CC(=O)O.CC(=O)O.CC(=O)O.CC(=O)O.CC(=O)O.CC(=O)O.CC(=O)O.CC(=O)O.CC(=O)O.CC(=O)O.CC(=O)O.CC(=O)O.CC(=O)O.CC(=O)O.CC(=O)O.CC(=O)O.CC(=O)[O-].CC(=O)[O-].CC(=O)[O-].CC(=O)[O-].CC(=O)[O-].[Na+].[Na+].[Na+].[Na+].[Na+]. The molecule has 0 spiro atoms. The Balaban J connectivity index is -0.0000000206. The van der Waals surface area contributed by atoms with Crippen molar-refractivity contribution in [2.75, 3.05) is 0 Å². The zero-order chi connectivity index (χ0) is 125. The Morgan fingerprint density at radius 3 is 0.0828 bits per heavy atom. The summed E-state index contributed by atoms with van der Waals surface area (Å²) in [4.78, 5) is 314. The van der Waals surface area contributed by atoms with E-state index in [1.165, 1.54) is 0 Å². The van der Waals surface area contributed by atoms with Crippen molar-refractivity contribution >= 4 is 209 Å². The second-order valence-electron chi connectivity index (χ2n) is 18.0. The van der Waals surface area contributed by atoms with E-state index in [1.54, 1.807) is 0 Å². The summed E-state index contributed by atoms with van der Waals surface area (Å²) in [6.07, 6.45) is 0. The molecule has 0 aromatic carbocycles. The predicted octanol–water partition coefficient (Wildman–Crippen LogP) is -18.5. The van der Waals surface area contributed by atoms with E-state index in [1.807, 2.05) is 0 Å². The molecule has 145 heavy (non-hydrogen) atoms. The second kappa shape index (κ2) is 261. The van der Waals surface area contributed by atoms with Gasteiger partial charge >= 0.3 is 148 Å². The van der Waals surface area contributed by atoms with Crippen LogP contribution in [-0.4, -0.2) is 362 Å². The molecule has 0 aliphatic heterocycles. The van der Waals surface area contributed by atoms with Gasteiger partial charge < -0.3 is 203 Å². The summed E-state index contributed by atoms with van der Waals surface area (Å²) in [6, 6.07) is 0. The molecule has 0 radical (unpaired) electrons. The summed E-state index contributed by atoms with van der Waals surface area (Å²) in [6.45, 7) is 37.4. The van der Waals surface area contributed by atoms with Crippen LogP contribution in [0.25, 0.3) is 0 Å². The van der Waals surface area contributed by atoms with Crippen LogP contribution >= 0.6 is 0 Å². The van der Waals surface area contributed by atoms with Crippen molar-refractivity contribution in [2.24, 2.45) is 0 Å². The van der Waals surface area contributed by atoms with E-state index in [0.717, 1.165) is 242 Å². The molecule has 75 heteroatoms. The van der Waals surface area contributed by atoms with Gasteiger partial charge in [0.25, 0.3) is 179 Å². The first kappa shape index (κ1) is 267. The molecule has 0 saturated carbocycles. The summed E-state index contributed by atoms with van der Waals surface area (Å²) in [5.74, 6) is -30.4. The largest absolute Gasteiger partial charge is 1.00 e. The minimum absolute atomic E-state index is 0. The molecule has 70 nitrogen and oxygen atoms in total. The number of carbonyl (C=O) groups excluding carboxylic acids is 5. The summed E-state index contributed by atoms with van der Waals surface area (Å²) in [7, 11) is 0. The van der Waals surface area contributed by atoms with Gasteiger partial charge in [0.05, 0.1) is 0 Å². The zero-order valence-electron chi connectivity index (χ0n) is 87.2. The Morgan fingerprint density at radius 1 is 0.0828 bits per heavy atom. The molecule has 0 bridgehead atoms. The number of carbonyl (C=O) groups is 35. The molecule has 0 saturated heterocycles. The van der Waals surface area contributed by atoms with E-state index in [4.69, 9.17) is 347 Å². The maximum absolute atomic E-state index is 9.00. The maximum Gasteiger partial charge on any atom is 1.00 e. The third-order valence-corrected chi connectivity index (χ3v) is 0. The van der Waals surface area contributed by atoms with Gasteiger partial charge in [0.1, 0.15) is 0 Å². The van der Waals surface area contributed by atoms with E-state index < -0.39 is 209 Å². The molecule has 0 rings (SSSR count). The predicted molar refractivity (Wildman–Crippen MR) is 453 cm³/mol. The van der Waals surface area contributed by atoms with Gasteiger partial charge in [-0.2, -0.15) is 0 Å². The van der Waals surface area contributed by atoms with Crippen molar-refractivity contribution in [1.82, 2.24) is 0 Å². The summed E-state index contributed by atoms with van der Waals surface area (Å²) in [5, 5.41) is 267. The molecule has 0 heterocycles. The van der Waals surface area contributed by atoms with E-state index in [9.17, 15) is 0 Å². The average Bonchev–Trinajstić information content (AvgIpc) is 3.40. The standard InChI is InChI=1S/35C2H4O2.5Na/c35*1-2(3)4;;;;;/h35*1H3,(H,3,4);;;;;/q;;;;;;;;;;;;;;;;;;;;;;;;;;;;;;;;;;;5*+1/p-5. The van der Waals surface area contributed by atoms with Crippen molar-refractivity contribution in [3.8, 4) is 0 Å². The van der Waals surface area contributed by atoms with Crippen molar-refractivity contribution < 1.29 is 494 Å². The molecule has 0 amide bonds. The third kappa shape index (κ3) is 11700. The fourth-order valence-corrected chi connectivity index (χ4v) is 0. The number of rotatable bonds is 0. The number of carboxylic acids is 35. The van der Waals surface area contributed by atoms with E-state index in [-0.39, 0.29) is 148 Å². The Labute approximate surface area is 938 Å². The van der Waals surface area contributed by atoms with Gasteiger partial charge in [-0.15, -0.1) is 0 Å². The minimum Gasteiger partial charge on any atom is -0.550 e. The fourth-order valence-electron chi connectivity index (χ4n) is 0. The Bertz CT molecular complexity index is 2050. The van der Waals surface area contributed by atoms with Crippen LogP contribution in [0.15, 0.2) is 0 Å². The van der Waals surface area contributed by atoms with Crippen LogP contribution in [-0.2, 0) is 168 Å². The van der Waals surface area contributed by atoms with Crippen molar-refractivity contribution in [2.45, 2.75) is 242 Å². The summed E-state index contributed by atoms with van der Waals surface area (Å²) >= 11 is 0. The molecule has 0 aromatic rings. The first-order valence-electron chi connectivity index (χ1n) is 32.4. The van der Waals surface area contributed by atoms with Gasteiger partial charge in [-0.25, -0.2) is 0 Å². The maximum atomic E-state index is 9.00. The number of hydrogen-bond acceptors (Lipinski definition) is 40. The summed E-state index contributed by atoms with van der Waals surface area (Å²) < 4.78 is 0. The molecule has 0 aliphatic carbocycles. The third-order valence-electron chi connectivity index (χ3n) is 0. The topological polar surface area (TPSA) is 1320 Å². The molecule has 0 atom stereocenters. The Hall–Kier alpha value is -13.5. The van der Waals surface area contributed by atoms with Gasteiger partial charge in [-0.1, -0.05) is 0 Å². The van der Waals surface area contributed by atoms with Crippen molar-refractivity contribution in [1.29, 1.82) is 0 Å². The Kier molecular flexibility index (Phi) is 482.